The summed E-state index contributed by atoms with van der Waals surface area (Å²) in [5.74, 6) is 1.54. The van der Waals surface area contributed by atoms with E-state index in [1.807, 2.05) is 0 Å². The van der Waals surface area contributed by atoms with Gasteiger partial charge in [-0.2, -0.15) is 13.2 Å². The fourth-order valence-corrected chi connectivity index (χ4v) is 6.66. The number of benzene rings is 1. The number of alkyl halides is 3. The van der Waals surface area contributed by atoms with Gasteiger partial charge in [-0.15, -0.1) is 0 Å². The van der Waals surface area contributed by atoms with Crippen LogP contribution in [0.2, 0.25) is 0 Å². The van der Waals surface area contributed by atoms with Crippen molar-refractivity contribution in [3.8, 4) is 0 Å². The van der Waals surface area contributed by atoms with Crippen molar-refractivity contribution in [1.82, 2.24) is 0 Å². The SMILES string of the molecule is CCCC1CCC(C2CCC(C3=C(C(F)(F)F)c4c(F)cc(C)cc4C3)CC2)CC1. The molecule has 30 heavy (non-hydrogen) atoms. The first-order valence-electron chi connectivity index (χ1n) is 11.9. The van der Waals surface area contributed by atoms with Crippen LogP contribution < -0.4 is 0 Å². The summed E-state index contributed by atoms with van der Waals surface area (Å²) < 4.78 is 56.4. The van der Waals surface area contributed by atoms with Crippen LogP contribution in [0.1, 0.15) is 87.8 Å². The molecular weight excluding hydrogens is 388 g/mol. The lowest BCUT2D eigenvalue weighted by molar-refractivity contribution is -0.0697. The molecule has 2 saturated carbocycles. The van der Waals surface area contributed by atoms with Crippen molar-refractivity contribution in [1.29, 1.82) is 0 Å². The smallest absolute Gasteiger partial charge is 0.206 e. The van der Waals surface area contributed by atoms with Gasteiger partial charge in [0.25, 0.3) is 0 Å². The van der Waals surface area contributed by atoms with E-state index >= 15 is 0 Å². The van der Waals surface area contributed by atoms with Gasteiger partial charge in [-0.1, -0.05) is 38.7 Å². The first kappa shape index (κ1) is 21.9. The first-order chi connectivity index (χ1) is 14.3. The minimum atomic E-state index is -4.49. The lowest BCUT2D eigenvalue weighted by Crippen LogP contribution is -2.27. The number of fused-ring (bicyclic) bond motifs is 1. The van der Waals surface area contributed by atoms with E-state index in [4.69, 9.17) is 0 Å². The number of rotatable bonds is 4. The Kier molecular flexibility index (Phi) is 6.33. The lowest BCUT2D eigenvalue weighted by Gasteiger charge is -2.38. The Morgan fingerprint density at radius 2 is 1.50 bits per heavy atom. The normalized spacial score (nSPS) is 29.9. The molecule has 3 aliphatic rings. The minimum Gasteiger partial charge on any atom is -0.206 e. The van der Waals surface area contributed by atoms with Gasteiger partial charge in [-0.3, -0.25) is 0 Å². The fraction of sp³-hybridized carbons (Fsp3) is 0.692. The Hall–Kier alpha value is -1.32. The zero-order valence-electron chi connectivity index (χ0n) is 18.3. The topological polar surface area (TPSA) is 0 Å². The molecule has 0 aromatic heterocycles. The van der Waals surface area contributed by atoms with Gasteiger partial charge in [0, 0.05) is 5.56 Å². The second-order valence-electron chi connectivity index (χ2n) is 10.0. The molecule has 0 nitrogen and oxygen atoms in total. The molecule has 0 spiro atoms. The van der Waals surface area contributed by atoms with Crippen molar-refractivity contribution in [2.24, 2.45) is 23.7 Å². The third-order valence-electron chi connectivity index (χ3n) is 8.07. The van der Waals surface area contributed by atoms with Gasteiger partial charge >= 0.3 is 6.18 Å². The van der Waals surface area contributed by atoms with Gasteiger partial charge in [0.1, 0.15) is 5.82 Å². The zero-order valence-corrected chi connectivity index (χ0v) is 18.3. The van der Waals surface area contributed by atoms with Crippen LogP contribution in [0.4, 0.5) is 17.6 Å². The van der Waals surface area contributed by atoms with Crippen LogP contribution in [0.25, 0.3) is 5.57 Å². The standard InChI is InChI=1S/C26H34F4/c1-3-4-17-5-7-18(8-6-17)19-9-11-20(12-10-19)22-15-21-13-16(2)14-23(27)24(21)25(22)26(28,29)30/h13-14,17-20H,3-12,15H2,1-2H3. The number of aryl methyl sites for hydroxylation is 1. The fourth-order valence-electron chi connectivity index (χ4n) is 6.66. The Labute approximate surface area is 178 Å². The molecule has 4 heteroatoms. The van der Waals surface area contributed by atoms with Gasteiger partial charge in [-0.25, -0.2) is 4.39 Å². The summed E-state index contributed by atoms with van der Waals surface area (Å²) in [5, 5.41) is 0. The number of hydrogen-bond acceptors (Lipinski definition) is 0. The molecule has 0 aliphatic heterocycles. The van der Waals surface area contributed by atoms with E-state index in [0.29, 0.717) is 22.6 Å². The third-order valence-corrected chi connectivity index (χ3v) is 8.07. The van der Waals surface area contributed by atoms with Gasteiger partial charge in [0.15, 0.2) is 0 Å². The van der Waals surface area contributed by atoms with Gasteiger partial charge in [0.2, 0.25) is 0 Å². The Morgan fingerprint density at radius 1 is 0.900 bits per heavy atom. The van der Waals surface area contributed by atoms with Crippen LogP contribution in [-0.4, -0.2) is 6.18 Å². The largest absolute Gasteiger partial charge is 0.417 e. The van der Waals surface area contributed by atoms with Crippen LogP contribution in [0.5, 0.6) is 0 Å². The van der Waals surface area contributed by atoms with Crippen molar-refractivity contribution in [2.75, 3.05) is 0 Å². The Balaban J connectivity index is 1.46. The van der Waals surface area contributed by atoms with E-state index in [1.54, 1.807) is 13.0 Å². The van der Waals surface area contributed by atoms with Gasteiger partial charge in [0.05, 0.1) is 5.57 Å². The summed E-state index contributed by atoms with van der Waals surface area (Å²) in [6, 6.07) is 2.97. The molecular formula is C26H34F4. The maximum Gasteiger partial charge on any atom is 0.417 e. The number of halogens is 4. The predicted octanol–water partition coefficient (Wildman–Crippen LogP) is 8.42. The highest BCUT2D eigenvalue weighted by molar-refractivity contribution is 5.80. The van der Waals surface area contributed by atoms with Crippen LogP contribution in [0, 0.1) is 36.4 Å². The summed E-state index contributed by atoms with van der Waals surface area (Å²) in [5.41, 5.74) is 0.813. The van der Waals surface area contributed by atoms with Crippen LogP contribution >= 0.6 is 0 Å². The summed E-state index contributed by atoms with van der Waals surface area (Å²) >= 11 is 0. The van der Waals surface area contributed by atoms with Crippen molar-refractivity contribution in [3.05, 3.63) is 40.2 Å². The number of hydrogen-bond donors (Lipinski definition) is 0. The first-order valence-corrected chi connectivity index (χ1v) is 11.9. The van der Waals surface area contributed by atoms with E-state index in [0.717, 1.165) is 37.5 Å². The van der Waals surface area contributed by atoms with Crippen molar-refractivity contribution < 1.29 is 17.6 Å². The van der Waals surface area contributed by atoms with Crippen LogP contribution in [0.3, 0.4) is 0 Å². The second kappa shape index (κ2) is 8.67. The van der Waals surface area contributed by atoms with Crippen LogP contribution in [0.15, 0.2) is 17.7 Å². The van der Waals surface area contributed by atoms with Crippen LogP contribution in [-0.2, 0) is 6.42 Å². The Bertz CT molecular complexity index is 788. The van der Waals surface area contributed by atoms with E-state index < -0.39 is 17.6 Å². The van der Waals surface area contributed by atoms with Crippen molar-refractivity contribution in [2.45, 2.75) is 90.7 Å². The molecule has 4 rings (SSSR count). The summed E-state index contributed by atoms with van der Waals surface area (Å²) in [4.78, 5) is 0. The molecule has 166 valence electrons. The van der Waals surface area contributed by atoms with Gasteiger partial charge < -0.3 is 0 Å². The van der Waals surface area contributed by atoms with E-state index in [2.05, 4.69) is 6.92 Å². The molecule has 0 bridgehead atoms. The zero-order chi connectivity index (χ0) is 21.5. The Morgan fingerprint density at radius 3 is 2.07 bits per heavy atom. The average molecular weight is 423 g/mol. The summed E-state index contributed by atoms with van der Waals surface area (Å²) in [7, 11) is 0. The molecule has 0 heterocycles. The molecule has 1 aromatic rings. The molecule has 0 radical (unpaired) electrons. The quantitative estimate of drug-likeness (QED) is 0.427. The number of allylic oxidation sites excluding steroid dienone is 2. The van der Waals surface area contributed by atoms with E-state index in [1.165, 1.54) is 44.6 Å². The molecule has 3 aliphatic carbocycles. The second-order valence-corrected chi connectivity index (χ2v) is 10.0. The van der Waals surface area contributed by atoms with E-state index in [9.17, 15) is 17.6 Å². The molecule has 0 amide bonds. The van der Waals surface area contributed by atoms with E-state index in [-0.39, 0.29) is 17.9 Å². The summed E-state index contributed by atoms with van der Waals surface area (Å²) in [6.07, 6.45) is 7.33. The molecule has 2 fully saturated rings. The highest BCUT2D eigenvalue weighted by Crippen LogP contribution is 2.51. The average Bonchev–Trinajstić information content (AvgIpc) is 3.09. The van der Waals surface area contributed by atoms with Crippen molar-refractivity contribution >= 4 is 5.57 Å². The molecule has 0 saturated heterocycles. The highest BCUT2D eigenvalue weighted by atomic mass is 19.4. The third kappa shape index (κ3) is 4.34. The van der Waals surface area contributed by atoms with Gasteiger partial charge in [-0.05, 0) is 98.3 Å². The molecule has 0 N–H and O–H groups in total. The maximum atomic E-state index is 14.5. The predicted molar refractivity (Wildman–Crippen MR) is 114 cm³/mol. The summed E-state index contributed by atoms with van der Waals surface area (Å²) in [6.45, 7) is 4.00. The minimum absolute atomic E-state index is 0.0542. The molecule has 1 aromatic carbocycles. The highest BCUT2D eigenvalue weighted by Gasteiger charge is 2.45. The lowest BCUT2D eigenvalue weighted by atomic mass is 9.67. The van der Waals surface area contributed by atoms with Crippen molar-refractivity contribution in [3.63, 3.8) is 0 Å². The molecule has 0 atom stereocenters. The monoisotopic (exact) mass is 422 g/mol. The molecule has 0 unspecified atom stereocenters. The maximum absolute atomic E-state index is 14.5.